The maximum Gasteiger partial charge on any atom is 0.252 e. The van der Waals surface area contributed by atoms with Gasteiger partial charge in [0.05, 0.1) is 6.04 Å². The number of nitrogens with one attached hydrogen (secondary N) is 1. The second kappa shape index (κ2) is 6.06. The molecule has 2 aromatic rings. The lowest BCUT2D eigenvalue weighted by molar-refractivity contribution is 0.0939. The van der Waals surface area contributed by atoms with Crippen molar-refractivity contribution in [2.24, 2.45) is 0 Å². The molecule has 0 heterocycles. The van der Waals surface area contributed by atoms with E-state index >= 15 is 0 Å². The average molecular weight is 292 g/mol. The van der Waals surface area contributed by atoms with Crippen molar-refractivity contribution in [2.75, 3.05) is 0 Å². The van der Waals surface area contributed by atoms with E-state index in [2.05, 4.69) is 5.32 Å². The van der Waals surface area contributed by atoms with E-state index in [0.717, 1.165) is 5.56 Å². The van der Waals surface area contributed by atoms with Crippen LogP contribution < -0.4 is 5.32 Å². The van der Waals surface area contributed by atoms with Crippen molar-refractivity contribution in [1.82, 2.24) is 5.32 Å². The fourth-order valence-corrected chi connectivity index (χ4v) is 2.36. The van der Waals surface area contributed by atoms with Gasteiger partial charge >= 0.3 is 0 Å². The number of halogens is 2. The third-order valence-corrected chi connectivity index (χ3v) is 3.50. The molecule has 1 atom stereocenters. The molecule has 0 radical (unpaired) electrons. The molecule has 0 saturated carbocycles. The van der Waals surface area contributed by atoms with Crippen LogP contribution in [0.3, 0.4) is 0 Å². The molecule has 20 heavy (non-hydrogen) atoms. The summed E-state index contributed by atoms with van der Waals surface area (Å²) in [7, 11) is 0. The maximum absolute atomic E-state index is 13.0. The third kappa shape index (κ3) is 3.17. The van der Waals surface area contributed by atoms with Gasteiger partial charge in [0.1, 0.15) is 5.82 Å². The van der Waals surface area contributed by atoms with Crippen molar-refractivity contribution >= 4 is 17.5 Å². The lowest BCUT2D eigenvalue weighted by Gasteiger charge is -2.16. The Labute approximate surface area is 122 Å². The summed E-state index contributed by atoms with van der Waals surface area (Å²) < 4.78 is 13.0. The first-order valence-corrected chi connectivity index (χ1v) is 6.68. The Morgan fingerprint density at radius 3 is 2.60 bits per heavy atom. The molecule has 0 aliphatic carbocycles. The topological polar surface area (TPSA) is 29.1 Å². The quantitative estimate of drug-likeness (QED) is 0.898. The Balaban J connectivity index is 2.17. The first-order chi connectivity index (χ1) is 9.49. The van der Waals surface area contributed by atoms with E-state index in [1.165, 1.54) is 18.2 Å². The number of hydrogen-bond donors (Lipinski definition) is 1. The van der Waals surface area contributed by atoms with Crippen molar-refractivity contribution in [3.8, 4) is 0 Å². The molecule has 0 spiro atoms. The Bertz CT molecular complexity index is 642. The lowest BCUT2D eigenvalue weighted by atomic mass is 10.1. The second-order valence-electron chi connectivity index (χ2n) is 4.68. The van der Waals surface area contributed by atoms with Crippen molar-refractivity contribution in [3.05, 3.63) is 70.0 Å². The van der Waals surface area contributed by atoms with Crippen molar-refractivity contribution in [1.29, 1.82) is 0 Å². The molecule has 2 rings (SSSR count). The second-order valence-corrected chi connectivity index (χ2v) is 5.08. The Morgan fingerprint density at radius 1 is 1.25 bits per heavy atom. The standard InChI is InChI=1S/C16H15ClFNO/c1-10-9-12(18)7-8-13(10)16(20)19-11(2)14-5-3-4-6-15(14)17/h3-9,11H,1-2H3,(H,19,20). The molecular formula is C16H15ClFNO. The number of amides is 1. The maximum atomic E-state index is 13.0. The highest BCUT2D eigenvalue weighted by Gasteiger charge is 2.15. The number of hydrogen-bond acceptors (Lipinski definition) is 1. The molecule has 1 amide bonds. The highest BCUT2D eigenvalue weighted by Crippen LogP contribution is 2.22. The van der Waals surface area contributed by atoms with Gasteiger partial charge in [-0.15, -0.1) is 0 Å². The van der Waals surface area contributed by atoms with Gasteiger partial charge in [-0.1, -0.05) is 29.8 Å². The molecular weight excluding hydrogens is 277 g/mol. The molecule has 0 aliphatic heterocycles. The van der Waals surface area contributed by atoms with Crippen LogP contribution in [0.5, 0.6) is 0 Å². The minimum atomic E-state index is -0.349. The minimum Gasteiger partial charge on any atom is -0.345 e. The molecule has 0 aliphatic rings. The van der Waals surface area contributed by atoms with Gasteiger partial charge in [-0.2, -0.15) is 0 Å². The zero-order chi connectivity index (χ0) is 14.7. The molecule has 1 N–H and O–H groups in total. The van der Waals surface area contributed by atoms with Gasteiger partial charge in [0, 0.05) is 10.6 Å². The van der Waals surface area contributed by atoms with Crippen LogP contribution in [0.15, 0.2) is 42.5 Å². The number of carbonyl (C=O) groups excluding carboxylic acids is 1. The fourth-order valence-electron chi connectivity index (χ4n) is 2.06. The molecule has 2 aromatic carbocycles. The number of benzene rings is 2. The van der Waals surface area contributed by atoms with E-state index in [1.807, 2.05) is 25.1 Å². The van der Waals surface area contributed by atoms with E-state index in [9.17, 15) is 9.18 Å². The van der Waals surface area contributed by atoms with E-state index in [1.54, 1.807) is 13.0 Å². The minimum absolute atomic E-state index is 0.222. The smallest absolute Gasteiger partial charge is 0.252 e. The number of aryl methyl sites for hydroxylation is 1. The highest BCUT2D eigenvalue weighted by molar-refractivity contribution is 6.31. The summed E-state index contributed by atoms with van der Waals surface area (Å²) in [4.78, 5) is 12.2. The van der Waals surface area contributed by atoms with Gasteiger partial charge in [-0.3, -0.25) is 4.79 Å². The predicted molar refractivity (Wildman–Crippen MR) is 78.5 cm³/mol. The normalized spacial score (nSPS) is 12.0. The van der Waals surface area contributed by atoms with Gasteiger partial charge in [0.25, 0.3) is 5.91 Å². The van der Waals surface area contributed by atoms with Crippen LogP contribution in [-0.2, 0) is 0 Å². The van der Waals surface area contributed by atoms with Crippen LogP contribution in [0.25, 0.3) is 0 Å². The molecule has 0 bridgehead atoms. The molecule has 0 saturated heterocycles. The third-order valence-electron chi connectivity index (χ3n) is 3.15. The zero-order valence-electron chi connectivity index (χ0n) is 11.3. The van der Waals surface area contributed by atoms with Crippen LogP contribution in [0.2, 0.25) is 5.02 Å². The highest BCUT2D eigenvalue weighted by atomic mass is 35.5. The van der Waals surface area contributed by atoms with Crippen LogP contribution in [0, 0.1) is 12.7 Å². The first-order valence-electron chi connectivity index (χ1n) is 6.30. The Morgan fingerprint density at radius 2 is 1.95 bits per heavy atom. The Kier molecular flexibility index (Phi) is 4.40. The first kappa shape index (κ1) is 14.5. The van der Waals surface area contributed by atoms with Gasteiger partial charge < -0.3 is 5.32 Å². The summed E-state index contributed by atoms with van der Waals surface area (Å²) in [6.07, 6.45) is 0. The summed E-state index contributed by atoms with van der Waals surface area (Å²) in [5, 5.41) is 3.48. The van der Waals surface area contributed by atoms with Gasteiger partial charge in [-0.05, 0) is 49.2 Å². The number of rotatable bonds is 3. The summed E-state index contributed by atoms with van der Waals surface area (Å²) in [5.41, 5.74) is 1.92. The van der Waals surface area contributed by atoms with E-state index in [4.69, 9.17) is 11.6 Å². The summed E-state index contributed by atoms with van der Waals surface area (Å²) in [5.74, 6) is -0.590. The van der Waals surface area contributed by atoms with Gasteiger partial charge in [0.2, 0.25) is 0 Å². The monoisotopic (exact) mass is 291 g/mol. The summed E-state index contributed by atoms with van der Waals surface area (Å²) in [6, 6.07) is 11.2. The summed E-state index contributed by atoms with van der Waals surface area (Å²) >= 11 is 6.10. The molecule has 1 unspecified atom stereocenters. The van der Waals surface area contributed by atoms with E-state index in [-0.39, 0.29) is 17.8 Å². The van der Waals surface area contributed by atoms with Crippen LogP contribution in [0.4, 0.5) is 4.39 Å². The Hall–Kier alpha value is -1.87. The van der Waals surface area contributed by atoms with Gasteiger partial charge in [0.15, 0.2) is 0 Å². The van der Waals surface area contributed by atoms with Crippen molar-refractivity contribution in [3.63, 3.8) is 0 Å². The van der Waals surface area contributed by atoms with Crippen molar-refractivity contribution < 1.29 is 9.18 Å². The molecule has 0 fully saturated rings. The molecule has 0 aromatic heterocycles. The summed E-state index contributed by atoms with van der Waals surface area (Å²) in [6.45, 7) is 3.57. The van der Waals surface area contributed by atoms with Crippen LogP contribution >= 0.6 is 11.6 Å². The predicted octanol–water partition coefficient (Wildman–Crippen LogP) is 4.28. The average Bonchev–Trinajstić information content (AvgIpc) is 2.38. The molecule has 4 heteroatoms. The zero-order valence-corrected chi connectivity index (χ0v) is 12.0. The lowest BCUT2D eigenvalue weighted by Crippen LogP contribution is -2.27. The van der Waals surface area contributed by atoms with E-state index in [0.29, 0.717) is 16.1 Å². The van der Waals surface area contributed by atoms with E-state index < -0.39 is 0 Å². The number of carbonyl (C=O) groups is 1. The SMILES string of the molecule is Cc1cc(F)ccc1C(=O)NC(C)c1ccccc1Cl. The van der Waals surface area contributed by atoms with Gasteiger partial charge in [-0.25, -0.2) is 4.39 Å². The van der Waals surface area contributed by atoms with Crippen LogP contribution in [0.1, 0.15) is 34.5 Å². The van der Waals surface area contributed by atoms with Crippen molar-refractivity contribution in [2.45, 2.75) is 19.9 Å². The molecule has 2 nitrogen and oxygen atoms in total. The fraction of sp³-hybridized carbons (Fsp3) is 0.188. The molecule has 104 valence electrons. The largest absolute Gasteiger partial charge is 0.345 e. The van der Waals surface area contributed by atoms with Crippen LogP contribution in [-0.4, -0.2) is 5.91 Å².